The molecule has 3 aromatic carbocycles. The maximum Gasteiger partial charge on any atom is 0.256 e. The number of aryl methyl sites for hydroxylation is 1. The number of ether oxygens (including phenoxy) is 1. The van der Waals surface area contributed by atoms with Crippen LogP contribution in [0.1, 0.15) is 22.3 Å². The summed E-state index contributed by atoms with van der Waals surface area (Å²) in [5.74, 6) is 0.531. The van der Waals surface area contributed by atoms with Crippen LogP contribution >= 0.6 is 34.8 Å². The second-order valence-electron chi connectivity index (χ2n) is 7.93. The van der Waals surface area contributed by atoms with Crippen LogP contribution in [-0.2, 0) is 11.3 Å². The molecule has 1 N–H and O–H groups in total. The zero-order valence-corrected chi connectivity index (χ0v) is 20.1. The minimum atomic E-state index is -0.216. The van der Waals surface area contributed by atoms with Gasteiger partial charge < -0.3 is 14.6 Å². The van der Waals surface area contributed by atoms with Crippen LogP contribution in [-0.4, -0.2) is 17.6 Å². The molecule has 166 valence electrons. The Hall–Kier alpha value is -2.92. The van der Waals surface area contributed by atoms with Gasteiger partial charge in [-0.1, -0.05) is 53.0 Å². The minimum absolute atomic E-state index is 0.216. The van der Waals surface area contributed by atoms with Gasteiger partial charge in [-0.2, -0.15) is 0 Å². The first-order valence-electron chi connectivity index (χ1n) is 10.3. The fraction of sp³-hybridized carbons (Fsp3) is 0.115. The molecule has 0 fully saturated rings. The smallest absolute Gasteiger partial charge is 0.256 e. The average Bonchev–Trinajstić information content (AvgIpc) is 3.24. The molecule has 4 nitrogen and oxygen atoms in total. The molecule has 0 saturated carbocycles. The lowest BCUT2D eigenvalue weighted by Crippen LogP contribution is -2.03. The Morgan fingerprint density at radius 3 is 2.55 bits per heavy atom. The summed E-state index contributed by atoms with van der Waals surface area (Å²) in [6, 6.07) is 17.1. The molecule has 7 heteroatoms. The van der Waals surface area contributed by atoms with Crippen LogP contribution < -0.4 is 10.1 Å². The van der Waals surface area contributed by atoms with Crippen molar-refractivity contribution < 1.29 is 9.53 Å². The molecule has 33 heavy (non-hydrogen) atoms. The van der Waals surface area contributed by atoms with Crippen molar-refractivity contribution in [2.24, 2.45) is 0 Å². The molecule has 5 rings (SSSR count). The molecule has 0 spiro atoms. The molecule has 4 aromatic rings. The molecule has 0 saturated heterocycles. The number of methoxy groups -OCH3 is 1. The Bertz CT molecular complexity index is 1450. The number of halogens is 3. The lowest BCUT2D eigenvalue weighted by Gasteiger charge is -2.09. The van der Waals surface area contributed by atoms with E-state index in [4.69, 9.17) is 39.5 Å². The van der Waals surface area contributed by atoms with Gasteiger partial charge in [0.15, 0.2) is 0 Å². The van der Waals surface area contributed by atoms with E-state index in [9.17, 15) is 4.79 Å². The first kappa shape index (κ1) is 21.9. The zero-order valence-electron chi connectivity index (χ0n) is 17.9. The van der Waals surface area contributed by atoms with Crippen molar-refractivity contribution in [3.05, 3.63) is 92.0 Å². The molecular weight excluding hydrogens is 479 g/mol. The second kappa shape index (κ2) is 8.45. The number of carbonyl (C=O) groups excluding carboxylic acids is 1. The molecule has 1 aliphatic rings. The maximum atomic E-state index is 12.8. The number of fused-ring (bicyclic) bond motifs is 2. The lowest BCUT2D eigenvalue weighted by molar-refractivity contribution is -0.110. The van der Waals surface area contributed by atoms with Crippen LogP contribution in [0.3, 0.4) is 0 Å². The van der Waals surface area contributed by atoms with E-state index >= 15 is 0 Å². The monoisotopic (exact) mass is 496 g/mol. The van der Waals surface area contributed by atoms with Gasteiger partial charge in [-0.3, -0.25) is 4.79 Å². The van der Waals surface area contributed by atoms with Crippen LogP contribution in [0.15, 0.2) is 54.6 Å². The number of nitrogens with zero attached hydrogens (tertiary/aromatic N) is 1. The number of hydrogen-bond acceptors (Lipinski definition) is 2. The van der Waals surface area contributed by atoms with E-state index in [-0.39, 0.29) is 5.91 Å². The van der Waals surface area contributed by atoms with E-state index in [0.29, 0.717) is 38.6 Å². The van der Waals surface area contributed by atoms with Crippen molar-refractivity contribution in [3.63, 3.8) is 0 Å². The van der Waals surface area contributed by atoms with Crippen molar-refractivity contribution in [1.82, 2.24) is 4.57 Å². The largest absolute Gasteiger partial charge is 0.496 e. The zero-order chi connectivity index (χ0) is 23.3. The summed E-state index contributed by atoms with van der Waals surface area (Å²) in [5.41, 5.74) is 5.56. The second-order valence-corrected chi connectivity index (χ2v) is 9.13. The first-order chi connectivity index (χ1) is 15.9. The molecule has 0 aliphatic carbocycles. The Balaban J connectivity index is 1.74. The fourth-order valence-electron chi connectivity index (χ4n) is 4.25. The van der Waals surface area contributed by atoms with Crippen LogP contribution in [0.2, 0.25) is 15.2 Å². The highest BCUT2D eigenvalue weighted by atomic mass is 35.5. The predicted molar refractivity (Wildman–Crippen MR) is 137 cm³/mol. The van der Waals surface area contributed by atoms with E-state index in [0.717, 1.165) is 33.3 Å². The van der Waals surface area contributed by atoms with Gasteiger partial charge >= 0.3 is 0 Å². The molecule has 0 atom stereocenters. The summed E-state index contributed by atoms with van der Waals surface area (Å²) < 4.78 is 7.59. The van der Waals surface area contributed by atoms with E-state index < -0.39 is 0 Å². The van der Waals surface area contributed by atoms with Crippen molar-refractivity contribution in [1.29, 1.82) is 0 Å². The fourth-order valence-corrected chi connectivity index (χ4v) is 4.96. The van der Waals surface area contributed by atoms with Gasteiger partial charge in [0.1, 0.15) is 10.9 Å². The van der Waals surface area contributed by atoms with E-state index in [1.54, 1.807) is 13.2 Å². The molecular formula is C26H19Cl3N2O2. The van der Waals surface area contributed by atoms with Gasteiger partial charge in [-0.15, -0.1) is 0 Å². The highest BCUT2D eigenvalue weighted by Gasteiger charge is 2.28. The van der Waals surface area contributed by atoms with Crippen molar-refractivity contribution >= 4 is 68.9 Å². The highest BCUT2D eigenvalue weighted by molar-refractivity contribution is 6.42. The Labute approximate surface area is 206 Å². The Morgan fingerprint density at radius 1 is 1.06 bits per heavy atom. The van der Waals surface area contributed by atoms with Crippen molar-refractivity contribution in [3.8, 4) is 5.75 Å². The number of amides is 1. The number of hydrogen-bond donors (Lipinski definition) is 1. The van der Waals surface area contributed by atoms with Gasteiger partial charge in [0.05, 0.1) is 28.9 Å². The molecule has 0 bridgehead atoms. The molecule has 2 heterocycles. The number of aromatic nitrogens is 1. The van der Waals surface area contributed by atoms with Crippen molar-refractivity contribution in [2.45, 2.75) is 13.5 Å². The predicted octanol–water partition coefficient (Wildman–Crippen LogP) is 7.46. The summed E-state index contributed by atoms with van der Waals surface area (Å²) in [6.07, 6.45) is 1.81. The van der Waals surface area contributed by atoms with Crippen LogP contribution in [0.5, 0.6) is 5.75 Å². The Kier molecular flexibility index (Phi) is 5.61. The van der Waals surface area contributed by atoms with Gasteiger partial charge in [0.2, 0.25) is 0 Å². The van der Waals surface area contributed by atoms with E-state index in [1.165, 1.54) is 0 Å². The summed E-state index contributed by atoms with van der Waals surface area (Å²) >= 11 is 19.5. The first-order valence-corrected chi connectivity index (χ1v) is 11.4. The average molecular weight is 498 g/mol. The summed E-state index contributed by atoms with van der Waals surface area (Å²) in [6.45, 7) is 2.54. The SMILES string of the molecule is COc1cc2c(/C=C3/C(=O)Nc4cccc(Cl)c43)c(Cl)n(Cc3ccc(Cl)cc3)c2cc1C. The normalized spacial score (nSPS) is 14.1. The molecule has 1 amide bonds. The molecule has 0 unspecified atom stereocenters. The Morgan fingerprint density at radius 2 is 1.82 bits per heavy atom. The molecule has 1 aliphatic heterocycles. The van der Waals surface area contributed by atoms with Crippen LogP contribution in [0.4, 0.5) is 5.69 Å². The number of nitrogens with one attached hydrogen (secondary N) is 1. The summed E-state index contributed by atoms with van der Waals surface area (Å²) in [5, 5.41) is 5.47. The lowest BCUT2D eigenvalue weighted by atomic mass is 10.0. The quantitative estimate of drug-likeness (QED) is 0.297. The standard InChI is InChI=1S/C26H19Cl3N2O2/c1-14-10-22-17(12-23(14)33-2)18(25(29)31(22)13-15-6-8-16(27)9-7-15)11-19-24-20(28)4-3-5-21(24)30-26(19)32/h3-12H,13H2,1-2H3,(H,30,32)/b19-11+. The molecule has 0 radical (unpaired) electrons. The number of rotatable bonds is 4. The van der Waals surface area contributed by atoms with E-state index in [2.05, 4.69) is 5.32 Å². The minimum Gasteiger partial charge on any atom is -0.496 e. The van der Waals surface area contributed by atoms with Gasteiger partial charge in [0.25, 0.3) is 5.91 Å². The number of carbonyl (C=O) groups is 1. The summed E-state index contributed by atoms with van der Waals surface area (Å²) in [4.78, 5) is 12.8. The van der Waals surface area contributed by atoms with Crippen LogP contribution in [0, 0.1) is 6.92 Å². The number of benzene rings is 3. The molecule has 1 aromatic heterocycles. The van der Waals surface area contributed by atoms with Gasteiger partial charge in [-0.25, -0.2) is 0 Å². The third kappa shape index (κ3) is 3.78. The maximum absolute atomic E-state index is 12.8. The topological polar surface area (TPSA) is 43.3 Å². The highest BCUT2D eigenvalue weighted by Crippen LogP contribution is 2.42. The van der Waals surface area contributed by atoms with E-state index in [1.807, 2.05) is 66.1 Å². The van der Waals surface area contributed by atoms with Crippen LogP contribution in [0.25, 0.3) is 22.6 Å². The third-order valence-corrected chi connectivity index (χ3v) is 6.85. The van der Waals surface area contributed by atoms with Gasteiger partial charge in [0, 0.05) is 28.1 Å². The third-order valence-electron chi connectivity index (χ3n) is 5.87. The summed E-state index contributed by atoms with van der Waals surface area (Å²) in [7, 11) is 1.64. The number of anilines is 1. The van der Waals surface area contributed by atoms with Crippen molar-refractivity contribution in [2.75, 3.05) is 12.4 Å². The van der Waals surface area contributed by atoms with Gasteiger partial charge in [-0.05, 0) is 60.5 Å².